The van der Waals surface area contributed by atoms with E-state index >= 15 is 0 Å². The van der Waals surface area contributed by atoms with E-state index in [0.29, 0.717) is 0 Å². The molecule has 2 fully saturated rings. The van der Waals surface area contributed by atoms with Gasteiger partial charge in [0, 0.05) is 5.54 Å². The van der Waals surface area contributed by atoms with Gasteiger partial charge in [0.1, 0.15) is 0 Å². The second-order valence-corrected chi connectivity index (χ2v) is 5.39. The lowest BCUT2D eigenvalue weighted by atomic mass is 9.84. The van der Waals surface area contributed by atoms with Crippen molar-refractivity contribution in [3.63, 3.8) is 0 Å². The third kappa shape index (κ3) is 2.08. The second-order valence-electron chi connectivity index (χ2n) is 5.39. The fourth-order valence-electron chi connectivity index (χ4n) is 3.12. The summed E-state index contributed by atoms with van der Waals surface area (Å²) in [6.07, 6.45) is 5.74. The second kappa shape index (κ2) is 4.05. The molecule has 17 heavy (non-hydrogen) atoms. The molecule has 0 radical (unpaired) electrons. The molecule has 1 N–H and O–H groups in total. The Bertz CT molecular complexity index is 420. The lowest BCUT2D eigenvalue weighted by Crippen LogP contribution is -2.44. The molecule has 1 atom stereocenters. The minimum atomic E-state index is -0.756. The van der Waals surface area contributed by atoms with E-state index in [1.54, 1.807) is 6.07 Å². The van der Waals surface area contributed by atoms with E-state index in [2.05, 4.69) is 5.32 Å². The van der Waals surface area contributed by atoms with Crippen LogP contribution in [0.3, 0.4) is 0 Å². The Morgan fingerprint density at radius 2 is 2.06 bits per heavy atom. The van der Waals surface area contributed by atoms with Crippen molar-refractivity contribution in [3.8, 4) is 0 Å². The third-order valence-electron chi connectivity index (χ3n) is 4.14. The molecule has 3 rings (SSSR count). The van der Waals surface area contributed by atoms with E-state index in [4.69, 9.17) is 0 Å². The number of hydrogen-bond acceptors (Lipinski definition) is 1. The van der Waals surface area contributed by atoms with E-state index in [1.165, 1.54) is 31.4 Å². The molecule has 1 heterocycles. The van der Waals surface area contributed by atoms with Crippen molar-refractivity contribution in [2.75, 3.05) is 6.54 Å². The summed E-state index contributed by atoms with van der Waals surface area (Å²) in [5.74, 6) is -0.752. The van der Waals surface area contributed by atoms with Crippen LogP contribution in [0.1, 0.15) is 31.2 Å². The first-order chi connectivity index (χ1) is 8.20. The Kier molecular flexibility index (Phi) is 2.66. The van der Waals surface area contributed by atoms with Gasteiger partial charge in [-0.3, -0.25) is 0 Å². The van der Waals surface area contributed by atoms with Gasteiger partial charge in [-0.05, 0) is 62.3 Å². The molecule has 3 heteroatoms. The van der Waals surface area contributed by atoms with Crippen molar-refractivity contribution in [2.45, 2.75) is 37.6 Å². The Morgan fingerprint density at radius 1 is 1.24 bits per heavy atom. The molecular formula is C14H17F2N. The summed E-state index contributed by atoms with van der Waals surface area (Å²) in [5, 5.41) is 3.60. The molecule has 0 aromatic heterocycles. The largest absolute Gasteiger partial charge is 0.311 e. The van der Waals surface area contributed by atoms with Crippen molar-refractivity contribution in [2.24, 2.45) is 5.92 Å². The molecule has 1 saturated heterocycles. The molecular weight excluding hydrogens is 220 g/mol. The van der Waals surface area contributed by atoms with Gasteiger partial charge in [-0.2, -0.15) is 0 Å². The van der Waals surface area contributed by atoms with Gasteiger partial charge in [0.05, 0.1) is 0 Å². The molecule has 1 nitrogen and oxygen atoms in total. The zero-order valence-corrected chi connectivity index (χ0v) is 9.81. The van der Waals surface area contributed by atoms with E-state index in [1.807, 2.05) is 0 Å². The van der Waals surface area contributed by atoms with Crippen molar-refractivity contribution in [1.82, 2.24) is 5.32 Å². The van der Waals surface area contributed by atoms with Crippen LogP contribution in [0.25, 0.3) is 0 Å². The highest BCUT2D eigenvalue weighted by molar-refractivity contribution is 5.22. The topological polar surface area (TPSA) is 12.0 Å². The number of hydrogen-bond donors (Lipinski definition) is 1. The van der Waals surface area contributed by atoms with Gasteiger partial charge in [0.25, 0.3) is 0 Å². The van der Waals surface area contributed by atoms with Crippen molar-refractivity contribution < 1.29 is 8.78 Å². The van der Waals surface area contributed by atoms with Crippen LogP contribution >= 0.6 is 0 Å². The van der Waals surface area contributed by atoms with E-state index in [-0.39, 0.29) is 5.54 Å². The quantitative estimate of drug-likeness (QED) is 0.852. The maximum atomic E-state index is 13.2. The first kappa shape index (κ1) is 11.1. The van der Waals surface area contributed by atoms with Crippen LogP contribution in [0, 0.1) is 17.6 Å². The average molecular weight is 237 g/mol. The molecule has 92 valence electrons. The summed E-state index contributed by atoms with van der Waals surface area (Å²) >= 11 is 0. The van der Waals surface area contributed by atoms with Crippen LogP contribution in [0.5, 0.6) is 0 Å². The molecule has 0 amide bonds. The molecule has 1 aromatic rings. The predicted molar refractivity (Wildman–Crippen MR) is 62.8 cm³/mol. The zero-order chi connectivity index (χ0) is 11.9. The molecule has 1 unspecified atom stereocenters. The summed E-state index contributed by atoms with van der Waals surface area (Å²) < 4.78 is 26.1. The number of rotatable bonds is 3. The minimum absolute atomic E-state index is 0.157. The van der Waals surface area contributed by atoms with Crippen LogP contribution in [0.15, 0.2) is 18.2 Å². The highest BCUT2D eigenvalue weighted by Gasteiger charge is 2.46. The van der Waals surface area contributed by atoms with Gasteiger partial charge in [0.2, 0.25) is 0 Å². The fraction of sp³-hybridized carbons (Fsp3) is 0.571. The normalized spacial score (nSPS) is 28.6. The number of halogens is 2. The predicted octanol–water partition coefficient (Wildman–Crippen LogP) is 3.04. The summed E-state index contributed by atoms with van der Waals surface area (Å²) in [7, 11) is 0. The summed E-state index contributed by atoms with van der Waals surface area (Å²) in [6.45, 7) is 1.06. The molecule has 0 spiro atoms. The highest BCUT2D eigenvalue weighted by atomic mass is 19.2. The van der Waals surface area contributed by atoms with Gasteiger partial charge in [-0.15, -0.1) is 0 Å². The van der Waals surface area contributed by atoms with E-state index < -0.39 is 11.6 Å². The van der Waals surface area contributed by atoms with Crippen LogP contribution < -0.4 is 5.32 Å². The lowest BCUT2D eigenvalue weighted by molar-refractivity contribution is 0.322. The summed E-state index contributed by atoms with van der Waals surface area (Å²) in [4.78, 5) is 0. The smallest absolute Gasteiger partial charge is 0.159 e. The monoisotopic (exact) mass is 237 g/mol. The van der Waals surface area contributed by atoms with E-state index in [9.17, 15) is 8.78 Å². The van der Waals surface area contributed by atoms with Gasteiger partial charge >= 0.3 is 0 Å². The van der Waals surface area contributed by atoms with Gasteiger partial charge < -0.3 is 5.32 Å². The van der Waals surface area contributed by atoms with Gasteiger partial charge in [-0.25, -0.2) is 8.78 Å². The Balaban J connectivity index is 1.82. The summed E-state index contributed by atoms with van der Waals surface area (Å²) in [5.41, 5.74) is 1.06. The van der Waals surface area contributed by atoms with Crippen LogP contribution in [-0.2, 0) is 6.42 Å². The molecule has 1 aliphatic carbocycles. The number of benzene rings is 1. The first-order valence-corrected chi connectivity index (χ1v) is 6.39. The number of nitrogens with one attached hydrogen (secondary N) is 1. The SMILES string of the molecule is Fc1ccc(CC2(C3CC3)CCCN2)cc1F. The first-order valence-electron chi connectivity index (χ1n) is 6.39. The third-order valence-corrected chi connectivity index (χ3v) is 4.14. The Labute approximate surface area is 100 Å². The van der Waals surface area contributed by atoms with Gasteiger partial charge in [0.15, 0.2) is 11.6 Å². The fourth-order valence-corrected chi connectivity index (χ4v) is 3.12. The molecule has 1 aromatic carbocycles. The van der Waals surface area contributed by atoms with Crippen molar-refractivity contribution >= 4 is 0 Å². The standard InChI is InChI=1S/C14H17F2N/c15-12-5-2-10(8-13(12)16)9-14(11-3-4-11)6-1-7-17-14/h2,5,8,11,17H,1,3-4,6-7,9H2. The average Bonchev–Trinajstić information content (AvgIpc) is 3.07. The van der Waals surface area contributed by atoms with Crippen molar-refractivity contribution in [1.29, 1.82) is 0 Å². The van der Waals surface area contributed by atoms with Crippen LogP contribution in [-0.4, -0.2) is 12.1 Å². The minimum Gasteiger partial charge on any atom is -0.311 e. The van der Waals surface area contributed by atoms with Crippen molar-refractivity contribution in [3.05, 3.63) is 35.4 Å². The summed E-state index contributed by atoms with van der Waals surface area (Å²) in [6, 6.07) is 4.29. The molecule has 1 aliphatic heterocycles. The lowest BCUT2D eigenvalue weighted by Gasteiger charge is -2.30. The molecule has 1 saturated carbocycles. The maximum Gasteiger partial charge on any atom is 0.159 e. The zero-order valence-electron chi connectivity index (χ0n) is 9.81. The van der Waals surface area contributed by atoms with Crippen LogP contribution in [0.4, 0.5) is 8.78 Å². The highest BCUT2D eigenvalue weighted by Crippen LogP contribution is 2.45. The maximum absolute atomic E-state index is 13.2. The van der Waals surface area contributed by atoms with E-state index in [0.717, 1.165) is 30.9 Å². The van der Waals surface area contributed by atoms with Gasteiger partial charge in [-0.1, -0.05) is 6.07 Å². The molecule has 2 aliphatic rings. The Hall–Kier alpha value is -0.960. The molecule has 0 bridgehead atoms. The Morgan fingerprint density at radius 3 is 2.65 bits per heavy atom. The van der Waals surface area contributed by atoms with Crippen LogP contribution in [0.2, 0.25) is 0 Å².